The van der Waals surface area contributed by atoms with Crippen LogP contribution in [0.1, 0.15) is 22.7 Å². The van der Waals surface area contributed by atoms with E-state index in [0.717, 1.165) is 30.0 Å². The first-order valence-electron chi connectivity index (χ1n) is 7.55. The summed E-state index contributed by atoms with van der Waals surface area (Å²) < 4.78 is 11.5. The third kappa shape index (κ3) is 3.00. The van der Waals surface area contributed by atoms with E-state index in [4.69, 9.17) is 9.47 Å². The lowest BCUT2D eigenvalue weighted by Crippen LogP contribution is -2.28. The van der Waals surface area contributed by atoms with Gasteiger partial charge < -0.3 is 14.8 Å². The minimum atomic E-state index is 0.181. The highest BCUT2D eigenvalue weighted by molar-refractivity contribution is 5.50. The van der Waals surface area contributed by atoms with Crippen molar-refractivity contribution in [1.29, 1.82) is 0 Å². The molecule has 114 valence electrons. The number of fused-ring (bicyclic) bond motifs is 1. The van der Waals surface area contributed by atoms with Crippen LogP contribution in [0.4, 0.5) is 0 Å². The minimum absolute atomic E-state index is 0.181. The Labute approximate surface area is 131 Å². The molecular formula is C19H21NO2. The summed E-state index contributed by atoms with van der Waals surface area (Å²) >= 11 is 0. The second-order valence-electron chi connectivity index (χ2n) is 5.39. The Morgan fingerprint density at radius 3 is 2.77 bits per heavy atom. The molecule has 1 N–H and O–H groups in total. The number of rotatable bonds is 5. The molecule has 3 rings (SSSR count). The molecule has 0 spiro atoms. The first-order chi connectivity index (χ1) is 10.8. The van der Waals surface area contributed by atoms with Crippen molar-refractivity contribution < 1.29 is 9.47 Å². The van der Waals surface area contributed by atoms with Crippen molar-refractivity contribution in [2.75, 3.05) is 13.7 Å². The van der Waals surface area contributed by atoms with E-state index < -0.39 is 0 Å². The molecule has 0 amide bonds. The molecule has 0 aromatic heterocycles. The zero-order valence-electron chi connectivity index (χ0n) is 12.8. The highest BCUT2D eigenvalue weighted by Gasteiger charge is 2.20. The normalized spacial score (nSPS) is 16.7. The van der Waals surface area contributed by atoms with Gasteiger partial charge in [0.25, 0.3) is 0 Å². The minimum Gasteiger partial charge on any atom is -0.493 e. The second kappa shape index (κ2) is 6.67. The summed E-state index contributed by atoms with van der Waals surface area (Å²) in [6.07, 6.45) is 2.92. The van der Waals surface area contributed by atoms with Crippen LogP contribution in [0.25, 0.3) is 0 Å². The van der Waals surface area contributed by atoms with Gasteiger partial charge in [-0.15, -0.1) is 6.58 Å². The largest absolute Gasteiger partial charge is 0.493 e. The third-order valence-corrected chi connectivity index (χ3v) is 3.99. The van der Waals surface area contributed by atoms with Crippen LogP contribution in [-0.2, 0) is 13.0 Å². The molecule has 0 aliphatic carbocycles. The average Bonchev–Trinajstić information content (AvgIpc) is 2.59. The van der Waals surface area contributed by atoms with Crippen molar-refractivity contribution in [3.63, 3.8) is 0 Å². The van der Waals surface area contributed by atoms with E-state index in [0.29, 0.717) is 6.61 Å². The van der Waals surface area contributed by atoms with Crippen molar-refractivity contribution in [3.05, 3.63) is 71.8 Å². The fourth-order valence-electron chi connectivity index (χ4n) is 2.81. The van der Waals surface area contributed by atoms with Crippen molar-refractivity contribution in [3.8, 4) is 11.5 Å². The molecular weight excluding hydrogens is 274 g/mol. The van der Waals surface area contributed by atoms with Gasteiger partial charge in [-0.2, -0.15) is 0 Å². The Morgan fingerprint density at radius 2 is 2.05 bits per heavy atom. The SMILES string of the molecule is C=CC1NCCc2cc(OCc3ccccc3)c(OC)cc21. The van der Waals surface area contributed by atoms with Gasteiger partial charge in [0, 0.05) is 6.54 Å². The molecule has 1 unspecified atom stereocenters. The molecule has 0 fully saturated rings. The highest BCUT2D eigenvalue weighted by atomic mass is 16.5. The Morgan fingerprint density at radius 1 is 1.23 bits per heavy atom. The van der Waals surface area contributed by atoms with Crippen LogP contribution in [0.5, 0.6) is 11.5 Å². The number of methoxy groups -OCH3 is 1. The Bertz CT molecular complexity index is 652. The van der Waals surface area contributed by atoms with Crippen molar-refractivity contribution in [2.24, 2.45) is 0 Å². The molecule has 2 aromatic rings. The Hall–Kier alpha value is -2.26. The number of hydrogen-bond acceptors (Lipinski definition) is 3. The monoisotopic (exact) mass is 295 g/mol. The van der Waals surface area contributed by atoms with Gasteiger partial charge in [-0.3, -0.25) is 0 Å². The number of benzene rings is 2. The maximum atomic E-state index is 5.98. The van der Waals surface area contributed by atoms with Gasteiger partial charge in [0.2, 0.25) is 0 Å². The fourth-order valence-corrected chi connectivity index (χ4v) is 2.81. The molecule has 0 saturated heterocycles. The first-order valence-corrected chi connectivity index (χ1v) is 7.55. The van der Waals surface area contributed by atoms with Crippen LogP contribution in [0.2, 0.25) is 0 Å². The topological polar surface area (TPSA) is 30.5 Å². The lowest BCUT2D eigenvalue weighted by Gasteiger charge is -2.26. The van der Waals surface area contributed by atoms with E-state index in [2.05, 4.69) is 36.2 Å². The van der Waals surface area contributed by atoms with Crippen molar-refractivity contribution in [1.82, 2.24) is 5.32 Å². The van der Waals surface area contributed by atoms with E-state index >= 15 is 0 Å². The molecule has 0 saturated carbocycles. The fraction of sp³-hybridized carbons (Fsp3) is 0.263. The van der Waals surface area contributed by atoms with Gasteiger partial charge in [0.05, 0.1) is 13.2 Å². The van der Waals surface area contributed by atoms with E-state index in [-0.39, 0.29) is 6.04 Å². The van der Waals surface area contributed by atoms with Gasteiger partial charge >= 0.3 is 0 Å². The Balaban J connectivity index is 1.86. The van der Waals surface area contributed by atoms with Crippen molar-refractivity contribution >= 4 is 0 Å². The molecule has 2 aromatic carbocycles. The molecule has 3 heteroatoms. The first kappa shape index (κ1) is 14.7. The summed E-state index contributed by atoms with van der Waals surface area (Å²) in [5.41, 5.74) is 3.67. The van der Waals surface area contributed by atoms with Crippen LogP contribution < -0.4 is 14.8 Å². The van der Waals surface area contributed by atoms with Gasteiger partial charge in [0.1, 0.15) is 6.61 Å². The summed E-state index contributed by atoms with van der Waals surface area (Å²) in [6.45, 7) is 5.40. The predicted octanol–water partition coefficient (Wildman–Crippen LogP) is 3.65. The number of ether oxygens (including phenoxy) is 2. The zero-order valence-corrected chi connectivity index (χ0v) is 12.8. The van der Waals surface area contributed by atoms with Gasteiger partial charge in [-0.05, 0) is 35.2 Å². The maximum absolute atomic E-state index is 5.98. The molecule has 0 bridgehead atoms. The Kier molecular flexibility index (Phi) is 4.45. The quantitative estimate of drug-likeness (QED) is 0.854. The third-order valence-electron chi connectivity index (χ3n) is 3.99. The summed E-state index contributed by atoms with van der Waals surface area (Å²) in [5.74, 6) is 1.57. The van der Waals surface area contributed by atoms with Gasteiger partial charge in [-0.25, -0.2) is 0 Å². The van der Waals surface area contributed by atoms with Gasteiger partial charge in [-0.1, -0.05) is 36.4 Å². The van der Waals surface area contributed by atoms with E-state index in [1.807, 2.05) is 24.3 Å². The van der Waals surface area contributed by atoms with E-state index in [1.54, 1.807) is 7.11 Å². The van der Waals surface area contributed by atoms with Crippen LogP contribution in [0, 0.1) is 0 Å². The second-order valence-corrected chi connectivity index (χ2v) is 5.39. The number of nitrogens with one attached hydrogen (secondary N) is 1. The lowest BCUT2D eigenvalue weighted by molar-refractivity contribution is 0.283. The molecule has 1 heterocycles. The van der Waals surface area contributed by atoms with E-state index in [1.165, 1.54) is 11.1 Å². The standard InChI is InChI=1S/C19H21NO2/c1-3-17-16-12-18(21-2)19(11-15(16)9-10-20-17)22-13-14-7-5-4-6-8-14/h3-8,11-12,17,20H,1,9-10,13H2,2H3. The highest BCUT2D eigenvalue weighted by Crippen LogP contribution is 2.36. The molecule has 3 nitrogen and oxygen atoms in total. The van der Waals surface area contributed by atoms with Crippen LogP contribution in [-0.4, -0.2) is 13.7 Å². The van der Waals surface area contributed by atoms with Crippen molar-refractivity contribution in [2.45, 2.75) is 19.1 Å². The summed E-state index contributed by atoms with van der Waals surface area (Å²) in [4.78, 5) is 0. The number of hydrogen-bond donors (Lipinski definition) is 1. The summed E-state index contributed by atoms with van der Waals surface area (Å²) in [6, 6.07) is 14.5. The van der Waals surface area contributed by atoms with Crippen LogP contribution in [0.3, 0.4) is 0 Å². The predicted molar refractivity (Wildman–Crippen MR) is 88.4 cm³/mol. The van der Waals surface area contributed by atoms with E-state index in [9.17, 15) is 0 Å². The molecule has 1 aliphatic rings. The van der Waals surface area contributed by atoms with Crippen LogP contribution >= 0.6 is 0 Å². The van der Waals surface area contributed by atoms with Gasteiger partial charge in [0.15, 0.2) is 11.5 Å². The zero-order chi connectivity index (χ0) is 15.4. The lowest BCUT2D eigenvalue weighted by atomic mass is 9.93. The molecule has 1 aliphatic heterocycles. The summed E-state index contributed by atoms with van der Waals surface area (Å²) in [7, 11) is 1.68. The average molecular weight is 295 g/mol. The maximum Gasteiger partial charge on any atom is 0.161 e. The smallest absolute Gasteiger partial charge is 0.161 e. The molecule has 22 heavy (non-hydrogen) atoms. The summed E-state index contributed by atoms with van der Waals surface area (Å²) in [5, 5.41) is 3.44. The van der Waals surface area contributed by atoms with Crippen LogP contribution in [0.15, 0.2) is 55.1 Å². The molecule has 1 atom stereocenters. The molecule has 0 radical (unpaired) electrons.